The number of hydrogen-bond acceptors (Lipinski definition) is 3. The molecule has 1 heterocycles. The van der Waals surface area contributed by atoms with Gasteiger partial charge in [-0.2, -0.15) is 5.26 Å². The zero-order valence-electron chi connectivity index (χ0n) is 9.07. The van der Waals surface area contributed by atoms with Gasteiger partial charge in [-0.3, -0.25) is 4.98 Å². The predicted molar refractivity (Wildman–Crippen MR) is 73.0 cm³/mol. The first-order chi connectivity index (χ1) is 8.22. The summed E-state index contributed by atoms with van der Waals surface area (Å²) in [5, 5.41) is 13.2. The number of benzene rings is 1. The first kappa shape index (κ1) is 11.6. The minimum absolute atomic E-state index is 0.539. The fraction of sp³-hybridized carbons (Fsp3) is 0.0769. The van der Waals surface area contributed by atoms with E-state index in [1.807, 2.05) is 24.3 Å². The largest absolute Gasteiger partial charge is 0.379 e. The maximum atomic E-state index is 9.08. The van der Waals surface area contributed by atoms with Gasteiger partial charge in [0.05, 0.1) is 16.8 Å². The van der Waals surface area contributed by atoms with Crippen LogP contribution < -0.4 is 5.32 Å². The van der Waals surface area contributed by atoms with Gasteiger partial charge < -0.3 is 5.32 Å². The van der Waals surface area contributed by atoms with Crippen LogP contribution in [0, 0.1) is 11.3 Å². The molecule has 0 unspecified atom stereocenters. The summed E-state index contributed by atoms with van der Waals surface area (Å²) in [6, 6.07) is 9.86. The second kappa shape index (κ2) is 4.98. The maximum absolute atomic E-state index is 9.08. The molecule has 0 saturated carbocycles. The number of aromatic nitrogens is 1. The van der Waals surface area contributed by atoms with Gasteiger partial charge in [0.1, 0.15) is 6.07 Å². The van der Waals surface area contributed by atoms with E-state index < -0.39 is 0 Å². The van der Waals surface area contributed by atoms with Gasteiger partial charge in [0.15, 0.2) is 0 Å². The lowest BCUT2D eigenvalue weighted by Crippen LogP contribution is -2.04. The molecular formula is C13H10BrN3. The molecule has 2 rings (SSSR count). The molecule has 0 spiro atoms. The van der Waals surface area contributed by atoms with Crippen molar-refractivity contribution >= 4 is 32.5 Å². The normalized spacial score (nSPS) is 9.88. The molecule has 1 N–H and O–H groups in total. The molecule has 0 saturated heterocycles. The van der Waals surface area contributed by atoms with E-state index in [-0.39, 0.29) is 0 Å². The van der Waals surface area contributed by atoms with E-state index in [9.17, 15) is 0 Å². The molecular weight excluding hydrogens is 278 g/mol. The lowest BCUT2D eigenvalue weighted by molar-refractivity contribution is 1.30. The molecule has 0 aliphatic carbocycles. The Balaban J connectivity index is 2.55. The molecule has 0 bridgehead atoms. The number of para-hydroxylation sites is 1. The number of nitrogens with zero attached hydrogens (tertiary/aromatic N) is 2. The van der Waals surface area contributed by atoms with Crippen molar-refractivity contribution in [3.63, 3.8) is 0 Å². The Kier molecular flexibility index (Phi) is 3.40. The van der Waals surface area contributed by atoms with Crippen LogP contribution in [0.5, 0.6) is 0 Å². The van der Waals surface area contributed by atoms with E-state index in [0.29, 0.717) is 12.1 Å². The van der Waals surface area contributed by atoms with Crippen LogP contribution in [-0.4, -0.2) is 11.5 Å². The van der Waals surface area contributed by atoms with Crippen LogP contribution in [0.2, 0.25) is 0 Å². The summed E-state index contributed by atoms with van der Waals surface area (Å²) in [7, 11) is 0. The van der Waals surface area contributed by atoms with Gasteiger partial charge in [0, 0.05) is 22.6 Å². The van der Waals surface area contributed by atoms with Crippen LogP contribution in [0.15, 0.2) is 41.5 Å². The maximum Gasteiger partial charge on any atom is 0.103 e. The minimum atomic E-state index is 0.539. The van der Waals surface area contributed by atoms with Crippen molar-refractivity contribution in [2.75, 3.05) is 11.9 Å². The number of halogens is 1. The Morgan fingerprint density at radius 3 is 2.94 bits per heavy atom. The van der Waals surface area contributed by atoms with Gasteiger partial charge >= 0.3 is 0 Å². The Morgan fingerprint density at radius 2 is 2.24 bits per heavy atom. The molecule has 1 aromatic carbocycles. The van der Waals surface area contributed by atoms with Crippen LogP contribution in [0.3, 0.4) is 0 Å². The zero-order valence-corrected chi connectivity index (χ0v) is 10.7. The number of fused-ring (bicyclic) bond motifs is 1. The number of rotatable bonds is 3. The molecule has 1 aromatic heterocycles. The number of hydrogen-bond donors (Lipinski definition) is 1. The minimum Gasteiger partial charge on any atom is -0.379 e. The van der Waals surface area contributed by atoms with Crippen LogP contribution in [0.25, 0.3) is 10.9 Å². The van der Waals surface area contributed by atoms with E-state index in [2.05, 4.69) is 38.9 Å². The van der Waals surface area contributed by atoms with E-state index in [1.165, 1.54) is 0 Å². The van der Waals surface area contributed by atoms with Gasteiger partial charge in [0.2, 0.25) is 0 Å². The van der Waals surface area contributed by atoms with Crippen molar-refractivity contribution in [2.45, 2.75) is 0 Å². The van der Waals surface area contributed by atoms with Gasteiger partial charge in [-0.1, -0.05) is 40.7 Å². The highest BCUT2D eigenvalue weighted by Gasteiger charge is 2.07. The van der Waals surface area contributed by atoms with E-state index in [1.54, 1.807) is 6.20 Å². The summed E-state index contributed by atoms with van der Waals surface area (Å²) < 4.78 is 0.835. The first-order valence-corrected chi connectivity index (χ1v) is 5.86. The molecule has 0 aliphatic heterocycles. The predicted octanol–water partition coefficient (Wildman–Crippen LogP) is 3.43. The molecule has 0 radical (unpaired) electrons. The Labute approximate surface area is 108 Å². The standard InChI is InChI=1S/C13H10BrN3/c1-9(14)7-17-13-10(6-15)8-16-12-5-3-2-4-11(12)13/h2-5,8H,1,7H2,(H,16,17). The van der Waals surface area contributed by atoms with Crippen LogP contribution in [0.1, 0.15) is 5.56 Å². The summed E-state index contributed by atoms with van der Waals surface area (Å²) in [5.41, 5.74) is 2.21. The summed E-state index contributed by atoms with van der Waals surface area (Å²) in [6.07, 6.45) is 1.58. The van der Waals surface area contributed by atoms with Crippen molar-refractivity contribution in [2.24, 2.45) is 0 Å². The summed E-state index contributed by atoms with van der Waals surface area (Å²) in [4.78, 5) is 4.24. The quantitative estimate of drug-likeness (QED) is 0.941. The lowest BCUT2D eigenvalue weighted by Gasteiger charge is -2.10. The Bertz CT molecular complexity index is 614. The molecule has 2 aromatic rings. The third-order valence-electron chi connectivity index (χ3n) is 2.35. The SMILES string of the molecule is C=C(Br)CNc1c(C#N)cnc2ccccc12. The zero-order chi connectivity index (χ0) is 12.3. The van der Waals surface area contributed by atoms with E-state index in [4.69, 9.17) is 5.26 Å². The van der Waals surface area contributed by atoms with E-state index >= 15 is 0 Å². The molecule has 4 heteroatoms. The number of pyridine rings is 1. The Morgan fingerprint density at radius 1 is 1.47 bits per heavy atom. The van der Waals surface area contributed by atoms with Crippen molar-refractivity contribution < 1.29 is 0 Å². The highest BCUT2D eigenvalue weighted by Crippen LogP contribution is 2.25. The summed E-state index contributed by atoms with van der Waals surface area (Å²) in [5.74, 6) is 0. The molecule has 17 heavy (non-hydrogen) atoms. The summed E-state index contributed by atoms with van der Waals surface area (Å²) in [6.45, 7) is 4.33. The number of nitrogens with one attached hydrogen (secondary N) is 1. The fourth-order valence-corrected chi connectivity index (χ4v) is 1.74. The average Bonchev–Trinajstić information content (AvgIpc) is 2.35. The second-order valence-electron chi connectivity index (χ2n) is 3.55. The smallest absolute Gasteiger partial charge is 0.103 e. The third-order valence-corrected chi connectivity index (χ3v) is 2.63. The number of nitriles is 1. The third kappa shape index (κ3) is 2.45. The average molecular weight is 288 g/mol. The van der Waals surface area contributed by atoms with Crippen molar-refractivity contribution in [1.29, 1.82) is 5.26 Å². The van der Waals surface area contributed by atoms with Crippen molar-refractivity contribution in [3.05, 3.63) is 47.1 Å². The molecule has 0 fully saturated rings. The molecule has 3 nitrogen and oxygen atoms in total. The van der Waals surface area contributed by atoms with Crippen molar-refractivity contribution in [1.82, 2.24) is 4.98 Å². The lowest BCUT2D eigenvalue weighted by atomic mass is 10.1. The van der Waals surface area contributed by atoms with Crippen LogP contribution in [-0.2, 0) is 0 Å². The molecule has 0 amide bonds. The van der Waals surface area contributed by atoms with Crippen LogP contribution in [0.4, 0.5) is 5.69 Å². The second-order valence-corrected chi connectivity index (χ2v) is 4.67. The van der Waals surface area contributed by atoms with Gasteiger partial charge in [-0.25, -0.2) is 0 Å². The van der Waals surface area contributed by atoms with Crippen LogP contribution >= 0.6 is 15.9 Å². The van der Waals surface area contributed by atoms with Crippen molar-refractivity contribution in [3.8, 4) is 6.07 Å². The van der Waals surface area contributed by atoms with Gasteiger partial charge in [0.25, 0.3) is 0 Å². The topological polar surface area (TPSA) is 48.7 Å². The number of anilines is 1. The van der Waals surface area contributed by atoms with Gasteiger partial charge in [-0.05, 0) is 6.07 Å². The first-order valence-electron chi connectivity index (χ1n) is 5.07. The monoisotopic (exact) mass is 287 g/mol. The highest BCUT2D eigenvalue weighted by atomic mass is 79.9. The van der Waals surface area contributed by atoms with E-state index in [0.717, 1.165) is 21.1 Å². The highest BCUT2D eigenvalue weighted by molar-refractivity contribution is 9.11. The molecule has 0 atom stereocenters. The fourth-order valence-electron chi connectivity index (χ4n) is 1.60. The van der Waals surface area contributed by atoms with Gasteiger partial charge in [-0.15, -0.1) is 0 Å². The summed E-state index contributed by atoms with van der Waals surface area (Å²) >= 11 is 3.29. The molecule has 84 valence electrons. The molecule has 0 aliphatic rings. The Hall–Kier alpha value is -1.86.